The zero-order chi connectivity index (χ0) is 19.6. The number of nitrogens with zero attached hydrogens (tertiary/aromatic N) is 1. The highest BCUT2D eigenvalue weighted by Crippen LogP contribution is 2.31. The Bertz CT molecular complexity index is 1060. The van der Waals surface area contributed by atoms with Gasteiger partial charge in [0.1, 0.15) is 5.75 Å². The van der Waals surface area contributed by atoms with Crippen LogP contribution < -0.4 is 5.32 Å². The normalized spacial score (nSPS) is 11.4. The van der Waals surface area contributed by atoms with Crippen molar-refractivity contribution in [3.8, 4) is 11.3 Å². The molecule has 1 aromatic heterocycles. The van der Waals surface area contributed by atoms with E-state index in [1.54, 1.807) is 18.2 Å². The Hall–Kier alpha value is -2.51. The van der Waals surface area contributed by atoms with E-state index in [0.717, 1.165) is 22.4 Å². The molecule has 5 nitrogen and oxygen atoms in total. The Labute approximate surface area is 163 Å². The highest BCUT2D eigenvalue weighted by molar-refractivity contribution is 7.92. The van der Waals surface area contributed by atoms with Crippen molar-refractivity contribution in [2.75, 3.05) is 11.1 Å². The molecule has 1 N–H and O–H groups in total. The molecular weight excluding hydrogens is 380 g/mol. The molecule has 0 saturated heterocycles. The number of thiazole rings is 1. The van der Waals surface area contributed by atoms with Gasteiger partial charge in [-0.1, -0.05) is 35.9 Å². The van der Waals surface area contributed by atoms with Crippen molar-refractivity contribution >= 4 is 32.2 Å². The van der Waals surface area contributed by atoms with Crippen LogP contribution in [0.15, 0.2) is 52.7 Å². The topological polar surface area (TPSA) is 76.1 Å². The quantitative estimate of drug-likeness (QED) is 0.698. The minimum atomic E-state index is -3.68. The van der Waals surface area contributed by atoms with Crippen LogP contribution in [0.3, 0.4) is 0 Å². The van der Waals surface area contributed by atoms with Crippen LogP contribution in [0, 0.1) is 20.8 Å². The van der Waals surface area contributed by atoms with Crippen molar-refractivity contribution in [3.63, 3.8) is 0 Å². The molecule has 27 heavy (non-hydrogen) atoms. The molecule has 0 unspecified atom stereocenters. The van der Waals surface area contributed by atoms with Crippen LogP contribution >= 0.6 is 11.3 Å². The molecule has 0 saturated carbocycles. The first-order valence-corrected chi connectivity index (χ1v) is 10.9. The van der Waals surface area contributed by atoms with Crippen LogP contribution in [0.2, 0.25) is 0 Å². The Morgan fingerprint density at radius 3 is 2.33 bits per heavy atom. The first-order valence-electron chi connectivity index (χ1n) is 8.37. The SMILES string of the molecule is Cc1cc(C)c(-c2csc(NC(=O)CS(=O)(=O)c3ccccc3)n2)c(C)c1. The van der Waals surface area contributed by atoms with E-state index in [1.165, 1.54) is 29.0 Å². The molecule has 0 aliphatic rings. The number of aryl methyl sites for hydroxylation is 3. The van der Waals surface area contributed by atoms with E-state index >= 15 is 0 Å². The fourth-order valence-electron chi connectivity index (χ4n) is 3.07. The van der Waals surface area contributed by atoms with Gasteiger partial charge in [-0.25, -0.2) is 13.4 Å². The van der Waals surface area contributed by atoms with Crippen LogP contribution in [0.1, 0.15) is 16.7 Å². The van der Waals surface area contributed by atoms with Crippen LogP contribution in [-0.2, 0) is 14.6 Å². The second kappa shape index (κ2) is 7.62. The molecule has 1 heterocycles. The number of hydrogen-bond acceptors (Lipinski definition) is 5. The maximum atomic E-state index is 12.3. The number of amides is 1. The van der Waals surface area contributed by atoms with Gasteiger partial charge in [0.05, 0.1) is 10.6 Å². The number of nitrogens with one attached hydrogen (secondary N) is 1. The summed E-state index contributed by atoms with van der Waals surface area (Å²) in [5, 5.41) is 4.85. The zero-order valence-electron chi connectivity index (χ0n) is 15.3. The second-order valence-corrected chi connectivity index (χ2v) is 9.28. The molecule has 3 rings (SSSR count). The lowest BCUT2D eigenvalue weighted by molar-refractivity contribution is -0.113. The summed E-state index contributed by atoms with van der Waals surface area (Å²) in [5.41, 5.74) is 5.22. The predicted octanol–water partition coefficient (Wildman–Crippen LogP) is 4.15. The van der Waals surface area contributed by atoms with Crippen molar-refractivity contribution in [2.45, 2.75) is 25.7 Å². The number of carbonyl (C=O) groups is 1. The smallest absolute Gasteiger partial charge is 0.241 e. The Kier molecular flexibility index (Phi) is 5.43. The summed E-state index contributed by atoms with van der Waals surface area (Å²) in [6.45, 7) is 6.10. The Morgan fingerprint density at radius 1 is 1.07 bits per heavy atom. The van der Waals surface area contributed by atoms with E-state index in [2.05, 4.69) is 22.4 Å². The third kappa shape index (κ3) is 4.43. The summed E-state index contributed by atoms with van der Waals surface area (Å²) in [6.07, 6.45) is 0. The van der Waals surface area contributed by atoms with Gasteiger partial charge in [0.2, 0.25) is 5.91 Å². The van der Waals surface area contributed by atoms with Crippen molar-refractivity contribution in [1.29, 1.82) is 0 Å². The van der Waals surface area contributed by atoms with Gasteiger partial charge in [-0.2, -0.15) is 0 Å². The van der Waals surface area contributed by atoms with Gasteiger partial charge in [0.15, 0.2) is 15.0 Å². The fraction of sp³-hybridized carbons (Fsp3) is 0.200. The van der Waals surface area contributed by atoms with E-state index in [0.29, 0.717) is 5.13 Å². The summed E-state index contributed by atoms with van der Waals surface area (Å²) in [4.78, 5) is 16.8. The molecule has 7 heteroatoms. The summed E-state index contributed by atoms with van der Waals surface area (Å²) in [7, 11) is -3.68. The third-order valence-corrected chi connectivity index (χ3v) is 6.50. The first-order chi connectivity index (χ1) is 12.8. The number of aromatic nitrogens is 1. The Balaban J connectivity index is 1.76. The molecule has 1 amide bonds. The van der Waals surface area contributed by atoms with Crippen LogP contribution in [-0.4, -0.2) is 25.1 Å². The second-order valence-electron chi connectivity index (χ2n) is 6.43. The minimum absolute atomic E-state index is 0.130. The molecule has 0 aliphatic carbocycles. The third-order valence-electron chi connectivity index (χ3n) is 4.11. The number of hydrogen-bond donors (Lipinski definition) is 1. The zero-order valence-corrected chi connectivity index (χ0v) is 16.9. The van der Waals surface area contributed by atoms with Crippen LogP contribution in [0.4, 0.5) is 5.13 Å². The van der Waals surface area contributed by atoms with Crippen molar-refractivity contribution in [2.24, 2.45) is 0 Å². The average Bonchev–Trinajstić information content (AvgIpc) is 3.02. The molecule has 0 radical (unpaired) electrons. The van der Waals surface area contributed by atoms with Crippen molar-refractivity contribution < 1.29 is 13.2 Å². The monoisotopic (exact) mass is 400 g/mol. The van der Waals surface area contributed by atoms with Gasteiger partial charge >= 0.3 is 0 Å². The van der Waals surface area contributed by atoms with Crippen LogP contribution in [0.5, 0.6) is 0 Å². The number of benzene rings is 2. The molecule has 3 aromatic rings. The number of anilines is 1. The van der Waals surface area contributed by atoms with Crippen LogP contribution in [0.25, 0.3) is 11.3 Å². The molecule has 0 aliphatic heterocycles. The van der Waals surface area contributed by atoms with Gasteiger partial charge in [-0.15, -0.1) is 11.3 Å². The fourth-order valence-corrected chi connectivity index (χ4v) is 4.94. The standard InChI is InChI=1S/C20H20N2O3S2/c1-13-9-14(2)19(15(3)10-13)17-11-26-20(21-17)22-18(23)12-27(24,25)16-7-5-4-6-8-16/h4-11H,12H2,1-3H3,(H,21,22,23). The summed E-state index contributed by atoms with van der Waals surface area (Å²) >= 11 is 1.28. The summed E-state index contributed by atoms with van der Waals surface area (Å²) in [6, 6.07) is 12.1. The van der Waals surface area contributed by atoms with E-state index < -0.39 is 21.5 Å². The lowest BCUT2D eigenvalue weighted by Crippen LogP contribution is -2.22. The predicted molar refractivity (Wildman–Crippen MR) is 109 cm³/mol. The van der Waals surface area contributed by atoms with E-state index in [4.69, 9.17) is 0 Å². The van der Waals surface area contributed by atoms with Gasteiger partial charge in [0, 0.05) is 10.9 Å². The lowest BCUT2D eigenvalue weighted by Gasteiger charge is -2.08. The van der Waals surface area contributed by atoms with E-state index in [-0.39, 0.29) is 4.90 Å². The number of sulfone groups is 1. The molecule has 0 bridgehead atoms. The molecular formula is C20H20N2O3S2. The summed E-state index contributed by atoms with van der Waals surface area (Å²) in [5.74, 6) is -1.22. The maximum absolute atomic E-state index is 12.3. The lowest BCUT2D eigenvalue weighted by atomic mass is 9.98. The minimum Gasteiger partial charge on any atom is -0.301 e. The highest BCUT2D eigenvalue weighted by Gasteiger charge is 2.20. The van der Waals surface area contributed by atoms with E-state index in [1.807, 2.05) is 26.2 Å². The van der Waals surface area contributed by atoms with Crippen molar-refractivity contribution in [1.82, 2.24) is 4.98 Å². The Morgan fingerprint density at radius 2 is 1.70 bits per heavy atom. The molecule has 0 spiro atoms. The number of rotatable bonds is 5. The molecule has 0 atom stereocenters. The highest BCUT2D eigenvalue weighted by atomic mass is 32.2. The number of carbonyl (C=O) groups excluding carboxylic acids is 1. The largest absolute Gasteiger partial charge is 0.301 e. The molecule has 0 fully saturated rings. The maximum Gasteiger partial charge on any atom is 0.241 e. The van der Waals surface area contributed by atoms with E-state index in [9.17, 15) is 13.2 Å². The van der Waals surface area contributed by atoms with Gasteiger partial charge < -0.3 is 5.32 Å². The van der Waals surface area contributed by atoms with Gasteiger partial charge in [-0.05, 0) is 44.0 Å². The first kappa shape index (κ1) is 19.3. The average molecular weight is 401 g/mol. The summed E-state index contributed by atoms with van der Waals surface area (Å²) < 4.78 is 24.6. The van der Waals surface area contributed by atoms with Crippen molar-refractivity contribution in [3.05, 3.63) is 64.5 Å². The van der Waals surface area contributed by atoms with Gasteiger partial charge in [0.25, 0.3) is 0 Å². The molecule has 140 valence electrons. The molecule has 2 aromatic carbocycles. The van der Waals surface area contributed by atoms with Gasteiger partial charge in [-0.3, -0.25) is 4.79 Å².